The molecule has 2 heterocycles. The first kappa shape index (κ1) is 18.4. The van der Waals surface area contributed by atoms with Gasteiger partial charge < -0.3 is 14.8 Å². The summed E-state index contributed by atoms with van der Waals surface area (Å²) in [5.74, 6) is 1.43. The van der Waals surface area contributed by atoms with Gasteiger partial charge in [-0.25, -0.2) is 4.98 Å². The Morgan fingerprint density at radius 2 is 1.83 bits per heavy atom. The van der Waals surface area contributed by atoms with Crippen LogP contribution in [0.25, 0.3) is 33.9 Å². The van der Waals surface area contributed by atoms with Crippen molar-refractivity contribution in [3.63, 3.8) is 0 Å². The number of imidazole rings is 1. The second-order valence-corrected chi connectivity index (χ2v) is 7.64. The summed E-state index contributed by atoms with van der Waals surface area (Å²) in [6.07, 6.45) is 5.21. The number of hydrogen-bond acceptors (Lipinski definition) is 4. The number of amides is 1. The standard InChI is InChI=1S/C24H22N4O2/c1-15-21(22(28-30-15)16-6-3-2-4-7-16)20-14-25-23(27-20)17-10-12-18(13-11-17)24(29)26-19-8-5-9-19/h2-4,6-7,10-14,19H,5,8-9H2,1H3,(H,25,27)(H,26,29). The highest BCUT2D eigenvalue weighted by Gasteiger charge is 2.21. The molecule has 1 aliphatic rings. The van der Waals surface area contributed by atoms with E-state index in [1.807, 2.05) is 67.7 Å². The van der Waals surface area contributed by atoms with Gasteiger partial charge >= 0.3 is 0 Å². The predicted octanol–water partition coefficient (Wildman–Crippen LogP) is 4.99. The summed E-state index contributed by atoms with van der Waals surface area (Å²) in [7, 11) is 0. The number of carbonyl (C=O) groups is 1. The first-order chi connectivity index (χ1) is 14.7. The highest BCUT2D eigenvalue weighted by molar-refractivity contribution is 5.94. The SMILES string of the molecule is Cc1onc(-c2ccccc2)c1-c1c[nH]c(-c2ccc(C(=O)NC3CCC3)cc2)n1. The number of aryl methyl sites for hydroxylation is 1. The summed E-state index contributed by atoms with van der Waals surface area (Å²) in [6.45, 7) is 1.89. The molecule has 0 saturated heterocycles. The first-order valence-electron chi connectivity index (χ1n) is 10.2. The summed E-state index contributed by atoms with van der Waals surface area (Å²) in [4.78, 5) is 20.3. The number of nitrogens with one attached hydrogen (secondary N) is 2. The van der Waals surface area contributed by atoms with Crippen molar-refractivity contribution in [1.29, 1.82) is 0 Å². The van der Waals surface area contributed by atoms with Gasteiger partial charge in [0, 0.05) is 28.9 Å². The van der Waals surface area contributed by atoms with Crippen LogP contribution in [-0.4, -0.2) is 27.1 Å². The quantitative estimate of drug-likeness (QED) is 0.496. The van der Waals surface area contributed by atoms with Gasteiger partial charge in [-0.3, -0.25) is 4.79 Å². The minimum atomic E-state index is -0.0148. The molecule has 0 bridgehead atoms. The molecule has 0 radical (unpaired) electrons. The van der Waals surface area contributed by atoms with E-state index in [4.69, 9.17) is 9.51 Å². The Hall–Kier alpha value is -3.67. The average Bonchev–Trinajstić information content (AvgIpc) is 3.38. The minimum absolute atomic E-state index is 0.0148. The van der Waals surface area contributed by atoms with Gasteiger partial charge in [-0.15, -0.1) is 0 Å². The van der Waals surface area contributed by atoms with Crippen LogP contribution in [0.1, 0.15) is 35.4 Å². The fourth-order valence-electron chi connectivity index (χ4n) is 3.67. The van der Waals surface area contributed by atoms with E-state index < -0.39 is 0 Å². The van der Waals surface area contributed by atoms with E-state index in [0.717, 1.165) is 52.5 Å². The third-order valence-corrected chi connectivity index (χ3v) is 5.60. The molecular weight excluding hydrogens is 376 g/mol. The number of aromatic nitrogens is 3. The summed E-state index contributed by atoms with van der Waals surface area (Å²) in [6, 6.07) is 17.8. The second-order valence-electron chi connectivity index (χ2n) is 7.64. The van der Waals surface area contributed by atoms with Crippen molar-refractivity contribution in [3.8, 4) is 33.9 Å². The number of H-pyrrole nitrogens is 1. The highest BCUT2D eigenvalue weighted by atomic mass is 16.5. The second kappa shape index (κ2) is 7.63. The third-order valence-electron chi connectivity index (χ3n) is 5.60. The molecule has 2 aromatic heterocycles. The molecule has 1 amide bonds. The number of benzene rings is 2. The largest absolute Gasteiger partial charge is 0.360 e. The van der Waals surface area contributed by atoms with Gasteiger partial charge in [-0.05, 0) is 38.3 Å². The zero-order chi connectivity index (χ0) is 20.5. The Morgan fingerprint density at radius 1 is 1.07 bits per heavy atom. The van der Waals surface area contributed by atoms with E-state index in [1.54, 1.807) is 0 Å². The van der Waals surface area contributed by atoms with E-state index in [1.165, 1.54) is 6.42 Å². The fraction of sp³-hybridized carbons (Fsp3) is 0.208. The van der Waals surface area contributed by atoms with Gasteiger partial charge in [-0.1, -0.05) is 47.6 Å². The van der Waals surface area contributed by atoms with Crippen molar-refractivity contribution in [2.75, 3.05) is 0 Å². The van der Waals surface area contributed by atoms with Crippen molar-refractivity contribution >= 4 is 5.91 Å². The first-order valence-corrected chi connectivity index (χ1v) is 10.2. The molecule has 150 valence electrons. The molecule has 1 aliphatic carbocycles. The molecule has 0 aliphatic heterocycles. The van der Waals surface area contributed by atoms with Gasteiger partial charge in [-0.2, -0.15) is 0 Å². The van der Waals surface area contributed by atoms with Crippen LogP contribution < -0.4 is 5.32 Å². The lowest BCUT2D eigenvalue weighted by molar-refractivity contribution is 0.0917. The Bertz CT molecular complexity index is 1170. The number of rotatable bonds is 5. The molecule has 30 heavy (non-hydrogen) atoms. The van der Waals surface area contributed by atoms with E-state index >= 15 is 0 Å². The van der Waals surface area contributed by atoms with E-state index in [2.05, 4.69) is 15.5 Å². The topological polar surface area (TPSA) is 83.8 Å². The molecule has 0 atom stereocenters. The molecule has 2 aromatic carbocycles. The summed E-state index contributed by atoms with van der Waals surface area (Å²) in [5, 5.41) is 7.30. The van der Waals surface area contributed by atoms with Crippen molar-refractivity contribution in [1.82, 2.24) is 20.4 Å². The molecule has 6 nitrogen and oxygen atoms in total. The van der Waals surface area contributed by atoms with E-state index in [9.17, 15) is 4.79 Å². The van der Waals surface area contributed by atoms with Gasteiger partial charge in [0.15, 0.2) is 0 Å². The van der Waals surface area contributed by atoms with Gasteiger partial charge in [0.1, 0.15) is 17.3 Å². The normalized spacial score (nSPS) is 13.8. The van der Waals surface area contributed by atoms with Crippen LogP contribution in [0.5, 0.6) is 0 Å². The molecule has 4 aromatic rings. The summed E-state index contributed by atoms with van der Waals surface area (Å²) < 4.78 is 5.46. The van der Waals surface area contributed by atoms with Crippen LogP contribution in [0, 0.1) is 6.92 Å². The Labute approximate surface area is 174 Å². The zero-order valence-corrected chi connectivity index (χ0v) is 16.7. The average molecular weight is 398 g/mol. The van der Waals surface area contributed by atoms with Crippen LogP contribution in [-0.2, 0) is 0 Å². The maximum atomic E-state index is 12.3. The Morgan fingerprint density at radius 3 is 2.53 bits per heavy atom. The third kappa shape index (κ3) is 3.41. The maximum Gasteiger partial charge on any atom is 0.251 e. The molecule has 1 fully saturated rings. The van der Waals surface area contributed by atoms with Crippen LogP contribution in [0.4, 0.5) is 0 Å². The lowest BCUT2D eigenvalue weighted by Crippen LogP contribution is -2.39. The molecule has 5 rings (SSSR count). The van der Waals surface area contributed by atoms with Gasteiger partial charge in [0.25, 0.3) is 5.91 Å². The van der Waals surface area contributed by atoms with Crippen molar-refractivity contribution < 1.29 is 9.32 Å². The van der Waals surface area contributed by atoms with Crippen molar-refractivity contribution in [3.05, 3.63) is 72.1 Å². The minimum Gasteiger partial charge on any atom is -0.360 e. The van der Waals surface area contributed by atoms with Crippen LogP contribution in [0.2, 0.25) is 0 Å². The monoisotopic (exact) mass is 398 g/mol. The van der Waals surface area contributed by atoms with E-state index in [-0.39, 0.29) is 5.91 Å². The number of carbonyl (C=O) groups excluding carboxylic acids is 1. The zero-order valence-electron chi connectivity index (χ0n) is 16.7. The molecule has 0 unspecified atom stereocenters. The van der Waals surface area contributed by atoms with Crippen molar-refractivity contribution in [2.45, 2.75) is 32.2 Å². The smallest absolute Gasteiger partial charge is 0.251 e. The fourth-order valence-corrected chi connectivity index (χ4v) is 3.67. The Balaban J connectivity index is 1.40. The van der Waals surface area contributed by atoms with Crippen LogP contribution in [0.15, 0.2) is 65.3 Å². The molecule has 0 spiro atoms. The summed E-state index contributed by atoms with van der Waals surface area (Å²) >= 11 is 0. The van der Waals surface area contributed by atoms with E-state index in [0.29, 0.717) is 11.6 Å². The predicted molar refractivity (Wildman–Crippen MR) is 115 cm³/mol. The lowest BCUT2D eigenvalue weighted by atomic mass is 9.93. The summed E-state index contributed by atoms with van der Waals surface area (Å²) in [5.41, 5.74) is 4.98. The number of nitrogens with zero attached hydrogens (tertiary/aromatic N) is 2. The van der Waals surface area contributed by atoms with Gasteiger partial charge in [0.2, 0.25) is 0 Å². The Kier molecular flexibility index (Phi) is 4.67. The molecular formula is C24H22N4O2. The molecule has 2 N–H and O–H groups in total. The maximum absolute atomic E-state index is 12.3. The molecule has 6 heteroatoms. The highest BCUT2D eigenvalue weighted by Crippen LogP contribution is 2.34. The lowest BCUT2D eigenvalue weighted by Gasteiger charge is -2.26. The van der Waals surface area contributed by atoms with Crippen molar-refractivity contribution in [2.24, 2.45) is 0 Å². The molecule has 1 saturated carbocycles. The number of aromatic amines is 1. The van der Waals surface area contributed by atoms with Crippen LogP contribution >= 0.6 is 0 Å². The van der Waals surface area contributed by atoms with Crippen LogP contribution in [0.3, 0.4) is 0 Å². The van der Waals surface area contributed by atoms with Gasteiger partial charge in [0.05, 0.1) is 11.3 Å². The number of hydrogen-bond donors (Lipinski definition) is 2.